The Labute approximate surface area is 159 Å². The standard InChI is InChI=1S/C20H16N4O2S/c1-12-5-3-7-16-17(12)15(11-27-16)10-24-18(20(25)23-26)13(2)22-19(24)14-6-4-8-21-9-14/h3-9,11H,10H2,1-2H3. The molecule has 0 aliphatic rings. The number of benzene rings is 1. The normalized spacial score (nSPS) is 11.0. The van der Waals surface area contributed by atoms with E-state index in [1.807, 2.05) is 18.2 Å². The molecule has 0 fully saturated rings. The molecule has 7 heteroatoms. The number of aromatic nitrogens is 3. The average molecular weight is 376 g/mol. The minimum absolute atomic E-state index is 0.219. The highest BCUT2D eigenvalue weighted by molar-refractivity contribution is 7.17. The third kappa shape index (κ3) is 2.96. The number of hydrogen-bond acceptors (Lipinski definition) is 5. The molecule has 0 bridgehead atoms. The fraction of sp³-hybridized carbons (Fsp3) is 0.150. The Morgan fingerprint density at radius 1 is 1.22 bits per heavy atom. The lowest BCUT2D eigenvalue weighted by Gasteiger charge is -2.11. The number of amides is 1. The van der Waals surface area contributed by atoms with Crippen LogP contribution in [0.4, 0.5) is 0 Å². The number of nitroso groups, excluding NO2 is 1. The predicted molar refractivity (Wildman–Crippen MR) is 106 cm³/mol. The summed E-state index contributed by atoms with van der Waals surface area (Å²) < 4.78 is 2.95. The van der Waals surface area contributed by atoms with E-state index in [0.29, 0.717) is 18.1 Å². The number of nitrogens with zero attached hydrogens (tertiary/aromatic N) is 4. The van der Waals surface area contributed by atoms with E-state index in [9.17, 15) is 9.70 Å². The van der Waals surface area contributed by atoms with Crippen molar-refractivity contribution in [3.63, 3.8) is 0 Å². The van der Waals surface area contributed by atoms with Crippen LogP contribution in [0.5, 0.6) is 0 Å². The van der Waals surface area contributed by atoms with Crippen LogP contribution in [0.3, 0.4) is 0 Å². The molecule has 3 aromatic heterocycles. The van der Waals surface area contributed by atoms with Gasteiger partial charge in [0.05, 0.1) is 12.2 Å². The van der Waals surface area contributed by atoms with Gasteiger partial charge in [-0.15, -0.1) is 16.2 Å². The van der Waals surface area contributed by atoms with Crippen LogP contribution < -0.4 is 0 Å². The molecule has 0 aliphatic carbocycles. The Hall–Kier alpha value is -3.19. The Morgan fingerprint density at radius 2 is 2.07 bits per heavy atom. The molecule has 3 heterocycles. The second-order valence-corrected chi connectivity index (χ2v) is 7.21. The minimum Gasteiger partial charge on any atom is -0.315 e. The molecule has 1 aromatic carbocycles. The lowest BCUT2D eigenvalue weighted by Crippen LogP contribution is -2.11. The summed E-state index contributed by atoms with van der Waals surface area (Å²) in [7, 11) is 0. The summed E-state index contributed by atoms with van der Waals surface area (Å²) >= 11 is 1.66. The van der Waals surface area contributed by atoms with Gasteiger partial charge in [-0.25, -0.2) is 4.98 Å². The first-order valence-electron chi connectivity index (χ1n) is 8.41. The van der Waals surface area contributed by atoms with Gasteiger partial charge in [-0.1, -0.05) is 12.1 Å². The largest absolute Gasteiger partial charge is 0.334 e. The smallest absolute Gasteiger partial charge is 0.315 e. The zero-order valence-corrected chi connectivity index (χ0v) is 15.7. The lowest BCUT2D eigenvalue weighted by molar-refractivity contribution is 0.0992. The predicted octanol–water partition coefficient (Wildman–Crippen LogP) is 4.73. The van der Waals surface area contributed by atoms with Gasteiger partial charge in [0, 0.05) is 33.2 Å². The molecule has 0 saturated heterocycles. The number of aryl methyl sites for hydroxylation is 2. The van der Waals surface area contributed by atoms with Gasteiger partial charge in [-0.05, 0) is 48.6 Å². The van der Waals surface area contributed by atoms with Crippen LogP contribution in [-0.4, -0.2) is 20.4 Å². The molecule has 0 unspecified atom stereocenters. The third-order valence-corrected chi connectivity index (χ3v) is 5.56. The van der Waals surface area contributed by atoms with Crippen LogP contribution in [0.25, 0.3) is 21.5 Å². The van der Waals surface area contributed by atoms with E-state index in [-0.39, 0.29) is 5.69 Å². The zero-order valence-electron chi connectivity index (χ0n) is 14.8. The molecule has 0 spiro atoms. The van der Waals surface area contributed by atoms with Crippen molar-refractivity contribution in [2.45, 2.75) is 20.4 Å². The quantitative estimate of drug-likeness (QED) is 0.482. The van der Waals surface area contributed by atoms with E-state index >= 15 is 0 Å². The maximum Gasteiger partial charge on any atom is 0.334 e. The maximum absolute atomic E-state index is 12.2. The minimum atomic E-state index is -0.814. The van der Waals surface area contributed by atoms with Crippen molar-refractivity contribution in [2.24, 2.45) is 5.18 Å². The van der Waals surface area contributed by atoms with Gasteiger partial charge < -0.3 is 4.57 Å². The Balaban J connectivity index is 1.92. The molecule has 27 heavy (non-hydrogen) atoms. The van der Waals surface area contributed by atoms with Gasteiger partial charge >= 0.3 is 5.91 Å². The molecule has 0 N–H and O–H groups in total. The number of carbonyl (C=O) groups is 1. The molecular formula is C20H16N4O2S. The lowest BCUT2D eigenvalue weighted by atomic mass is 10.1. The van der Waals surface area contributed by atoms with Crippen molar-refractivity contribution in [3.05, 3.63) is 75.5 Å². The van der Waals surface area contributed by atoms with Gasteiger partial charge in [0.2, 0.25) is 0 Å². The highest BCUT2D eigenvalue weighted by atomic mass is 32.1. The Morgan fingerprint density at radius 3 is 2.81 bits per heavy atom. The molecule has 0 atom stereocenters. The fourth-order valence-electron chi connectivity index (χ4n) is 3.39. The molecule has 1 amide bonds. The van der Waals surface area contributed by atoms with E-state index in [2.05, 4.69) is 39.6 Å². The van der Waals surface area contributed by atoms with Gasteiger partial charge in [-0.3, -0.25) is 9.78 Å². The first kappa shape index (κ1) is 17.2. The SMILES string of the molecule is Cc1nc(-c2cccnc2)n(Cc2csc3cccc(C)c23)c1C(=O)N=O. The fourth-order valence-corrected chi connectivity index (χ4v) is 4.42. The van der Waals surface area contributed by atoms with Crippen molar-refractivity contribution in [2.75, 3.05) is 0 Å². The highest BCUT2D eigenvalue weighted by Gasteiger charge is 2.23. The molecule has 0 aliphatic heterocycles. The van der Waals surface area contributed by atoms with Gasteiger partial charge in [0.15, 0.2) is 0 Å². The maximum atomic E-state index is 12.2. The van der Waals surface area contributed by atoms with E-state index in [1.165, 1.54) is 15.6 Å². The Kier molecular flexibility index (Phi) is 4.37. The van der Waals surface area contributed by atoms with E-state index < -0.39 is 5.91 Å². The summed E-state index contributed by atoms with van der Waals surface area (Å²) in [6, 6.07) is 9.87. The number of thiophene rings is 1. The van der Waals surface area contributed by atoms with Crippen LogP contribution >= 0.6 is 11.3 Å². The molecule has 4 aromatic rings. The number of pyridine rings is 1. The molecule has 6 nitrogen and oxygen atoms in total. The van der Waals surface area contributed by atoms with Crippen LogP contribution in [0, 0.1) is 18.8 Å². The molecular weight excluding hydrogens is 360 g/mol. The highest BCUT2D eigenvalue weighted by Crippen LogP contribution is 2.31. The average Bonchev–Trinajstić information content (AvgIpc) is 3.24. The van der Waals surface area contributed by atoms with Crippen LogP contribution in [-0.2, 0) is 6.54 Å². The number of imidazole rings is 1. The summed E-state index contributed by atoms with van der Waals surface area (Å²) in [6.45, 7) is 4.21. The summed E-state index contributed by atoms with van der Waals surface area (Å²) in [6.07, 6.45) is 3.37. The summed E-state index contributed by atoms with van der Waals surface area (Å²) in [5.74, 6) is -0.216. The number of carbonyl (C=O) groups excluding carboxylic acids is 1. The van der Waals surface area contributed by atoms with Crippen molar-refractivity contribution < 1.29 is 4.79 Å². The molecule has 0 saturated carbocycles. The summed E-state index contributed by atoms with van der Waals surface area (Å²) in [5.41, 5.74) is 3.73. The molecule has 134 valence electrons. The van der Waals surface area contributed by atoms with Crippen molar-refractivity contribution >= 4 is 27.3 Å². The van der Waals surface area contributed by atoms with Crippen molar-refractivity contribution in [3.8, 4) is 11.4 Å². The van der Waals surface area contributed by atoms with Gasteiger partial charge in [0.1, 0.15) is 11.5 Å². The number of rotatable bonds is 4. The van der Waals surface area contributed by atoms with Crippen LogP contribution in [0.2, 0.25) is 0 Å². The Bertz CT molecular complexity index is 1160. The van der Waals surface area contributed by atoms with Crippen LogP contribution in [0.1, 0.15) is 27.3 Å². The topological polar surface area (TPSA) is 77.2 Å². The summed E-state index contributed by atoms with van der Waals surface area (Å²) in [5, 5.41) is 5.89. The second kappa shape index (κ2) is 6.85. The first-order chi connectivity index (χ1) is 13.1. The molecule has 4 rings (SSSR count). The monoisotopic (exact) mass is 376 g/mol. The van der Waals surface area contributed by atoms with Gasteiger partial charge in [0.25, 0.3) is 0 Å². The summed E-state index contributed by atoms with van der Waals surface area (Å²) in [4.78, 5) is 31.9. The zero-order chi connectivity index (χ0) is 19.0. The van der Waals surface area contributed by atoms with E-state index in [0.717, 1.165) is 11.1 Å². The first-order valence-corrected chi connectivity index (χ1v) is 9.29. The second-order valence-electron chi connectivity index (χ2n) is 6.30. The van der Waals surface area contributed by atoms with Crippen molar-refractivity contribution in [1.82, 2.24) is 14.5 Å². The van der Waals surface area contributed by atoms with E-state index in [1.54, 1.807) is 35.2 Å². The van der Waals surface area contributed by atoms with Crippen molar-refractivity contribution in [1.29, 1.82) is 0 Å². The number of hydrogen-bond donors (Lipinski definition) is 0. The van der Waals surface area contributed by atoms with E-state index in [4.69, 9.17) is 0 Å². The van der Waals surface area contributed by atoms with Gasteiger partial charge in [-0.2, -0.15) is 0 Å². The van der Waals surface area contributed by atoms with Crippen LogP contribution in [0.15, 0.2) is 53.3 Å². The number of fused-ring (bicyclic) bond motifs is 1. The third-order valence-electron chi connectivity index (χ3n) is 4.56. The molecule has 0 radical (unpaired) electrons.